The van der Waals surface area contributed by atoms with Crippen molar-refractivity contribution in [3.05, 3.63) is 27.4 Å². The summed E-state index contributed by atoms with van der Waals surface area (Å²) in [5.74, 6) is 1.32. The van der Waals surface area contributed by atoms with Crippen molar-refractivity contribution in [2.45, 2.75) is 45.1 Å². The lowest BCUT2D eigenvalue weighted by Crippen LogP contribution is -2.19. The van der Waals surface area contributed by atoms with Gasteiger partial charge < -0.3 is 5.32 Å². The molecule has 0 saturated heterocycles. The normalized spacial score (nSPS) is 23.7. The number of nitrogens with one attached hydrogen (secondary N) is 1. The Morgan fingerprint density at radius 3 is 2.89 bits per heavy atom. The quantitative estimate of drug-likeness (QED) is 0.517. The van der Waals surface area contributed by atoms with Crippen molar-refractivity contribution in [3.8, 4) is 0 Å². The van der Waals surface area contributed by atoms with Gasteiger partial charge in [-0.1, -0.05) is 31.4 Å². The highest BCUT2D eigenvalue weighted by Gasteiger charge is 2.18. The summed E-state index contributed by atoms with van der Waals surface area (Å²) in [5, 5.41) is 14.2. The lowest BCUT2D eigenvalue weighted by atomic mass is 10.0. The molecule has 1 saturated carbocycles. The Hall–Kier alpha value is -1.36. The van der Waals surface area contributed by atoms with Crippen molar-refractivity contribution in [2.75, 3.05) is 5.32 Å². The van der Waals surface area contributed by atoms with E-state index in [2.05, 4.69) is 17.2 Å². The summed E-state index contributed by atoms with van der Waals surface area (Å²) >= 11 is 6.03. The fourth-order valence-corrected chi connectivity index (χ4v) is 2.67. The average molecular weight is 284 g/mol. The van der Waals surface area contributed by atoms with Gasteiger partial charge in [0.05, 0.1) is 9.95 Å². The third-order valence-corrected chi connectivity index (χ3v) is 3.92. The molecule has 19 heavy (non-hydrogen) atoms. The van der Waals surface area contributed by atoms with Crippen LogP contribution in [0.15, 0.2) is 12.3 Å². The van der Waals surface area contributed by atoms with Crippen molar-refractivity contribution in [3.63, 3.8) is 0 Å². The Bertz CT molecular complexity index is 467. The van der Waals surface area contributed by atoms with Gasteiger partial charge >= 0.3 is 0 Å². The summed E-state index contributed by atoms with van der Waals surface area (Å²) < 4.78 is 0. The number of nitrogens with zero attached hydrogens (tertiary/aromatic N) is 2. The van der Waals surface area contributed by atoms with Crippen molar-refractivity contribution in [1.29, 1.82) is 0 Å². The Morgan fingerprint density at radius 2 is 2.21 bits per heavy atom. The van der Waals surface area contributed by atoms with Gasteiger partial charge in [-0.15, -0.1) is 0 Å². The molecule has 0 radical (unpaired) electrons. The minimum absolute atomic E-state index is 0.0787. The summed E-state index contributed by atoms with van der Waals surface area (Å²) in [6.45, 7) is 2.28. The Balaban J connectivity index is 2.04. The van der Waals surface area contributed by atoms with Crippen LogP contribution >= 0.6 is 11.6 Å². The molecule has 2 rings (SSSR count). The van der Waals surface area contributed by atoms with E-state index < -0.39 is 4.92 Å². The molecule has 0 aliphatic heterocycles. The van der Waals surface area contributed by atoms with Crippen LogP contribution in [0.3, 0.4) is 0 Å². The average Bonchev–Trinajstić information content (AvgIpc) is 2.57. The highest BCUT2D eigenvalue weighted by Crippen LogP contribution is 2.28. The molecule has 1 fully saturated rings. The smallest absolute Gasteiger partial charge is 0.289 e. The summed E-state index contributed by atoms with van der Waals surface area (Å²) in [6, 6.07) is 1.70. The van der Waals surface area contributed by atoms with E-state index in [4.69, 9.17) is 11.6 Å². The van der Waals surface area contributed by atoms with Crippen LogP contribution in [0.25, 0.3) is 0 Å². The number of rotatable bonds is 3. The van der Waals surface area contributed by atoms with Gasteiger partial charge in [0.15, 0.2) is 0 Å². The highest BCUT2D eigenvalue weighted by molar-refractivity contribution is 6.33. The third-order valence-electron chi connectivity index (χ3n) is 3.64. The monoisotopic (exact) mass is 283 g/mol. The van der Waals surface area contributed by atoms with E-state index in [0.717, 1.165) is 18.8 Å². The van der Waals surface area contributed by atoms with E-state index >= 15 is 0 Å². The molecule has 0 amide bonds. The standard InChI is InChI=1S/C13H18ClN3O2/c1-9-3-2-4-10(6-5-9)16-13-12(14)7-11(8-15-13)17(18)19/h7-10H,2-6H2,1H3,(H,15,16). The predicted octanol–water partition coefficient (Wildman–Crippen LogP) is 4.02. The molecule has 1 aromatic heterocycles. The molecule has 1 heterocycles. The summed E-state index contributed by atoms with van der Waals surface area (Å²) in [5.41, 5.74) is -0.0787. The minimum Gasteiger partial charge on any atom is -0.366 e. The highest BCUT2D eigenvalue weighted by atomic mass is 35.5. The largest absolute Gasteiger partial charge is 0.366 e. The number of aromatic nitrogens is 1. The first-order valence-corrected chi connectivity index (χ1v) is 7.00. The van der Waals surface area contributed by atoms with Crippen LogP contribution in [0, 0.1) is 16.0 Å². The van der Waals surface area contributed by atoms with Crippen LogP contribution in [0.5, 0.6) is 0 Å². The van der Waals surface area contributed by atoms with Gasteiger partial charge in [-0.2, -0.15) is 0 Å². The number of anilines is 1. The van der Waals surface area contributed by atoms with Crippen molar-refractivity contribution in [1.82, 2.24) is 4.98 Å². The topological polar surface area (TPSA) is 68.1 Å². The Morgan fingerprint density at radius 1 is 1.42 bits per heavy atom. The molecule has 1 N–H and O–H groups in total. The molecule has 1 aliphatic rings. The van der Waals surface area contributed by atoms with Gasteiger partial charge in [-0.25, -0.2) is 4.98 Å². The van der Waals surface area contributed by atoms with Gasteiger partial charge in [0.25, 0.3) is 5.69 Å². The number of pyridine rings is 1. The second-order valence-electron chi connectivity index (χ2n) is 5.24. The molecule has 2 unspecified atom stereocenters. The third kappa shape index (κ3) is 3.80. The first-order chi connectivity index (χ1) is 9.06. The maximum atomic E-state index is 10.6. The van der Waals surface area contributed by atoms with Gasteiger partial charge in [-0.3, -0.25) is 10.1 Å². The van der Waals surface area contributed by atoms with Crippen LogP contribution in [-0.2, 0) is 0 Å². The first kappa shape index (κ1) is 14.1. The van der Waals surface area contributed by atoms with E-state index in [9.17, 15) is 10.1 Å². The van der Waals surface area contributed by atoms with Crippen LogP contribution in [-0.4, -0.2) is 15.9 Å². The van der Waals surface area contributed by atoms with E-state index in [0.29, 0.717) is 16.9 Å². The van der Waals surface area contributed by atoms with Gasteiger partial charge in [-0.05, 0) is 25.2 Å². The van der Waals surface area contributed by atoms with Crippen LogP contribution < -0.4 is 5.32 Å². The molecule has 6 heteroatoms. The predicted molar refractivity (Wildman–Crippen MR) is 75.6 cm³/mol. The van der Waals surface area contributed by atoms with E-state index in [1.54, 1.807) is 0 Å². The second-order valence-corrected chi connectivity index (χ2v) is 5.64. The summed E-state index contributed by atoms with van der Waals surface area (Å²) in [6.07, 6.45) is 7.09. The molecule has 5 nitrogen and oxygen atoms in total. The summed E-state index contributed by atoms with van der Waals surface area (Å²) in [7, 11) is 0. The van der Waals surface area contributed by atoms with E-state index in [1.807, 2.05) is 0 Å². The fraction of sp³-hybridized carbons (Fsp3) is 0.615. The fourth-order valence-electron chi connectivity index (χ4n) is 2.46. The van der Waals surface area contributed by atoms with Gasteiger partial charge in [0, 0.05) is 12.1 Å². The Kier molecular flexibility index (Phi) is 4.58. The van der Waals surface area contributed by atoms with Crippen LogP contribution in [0.2, 0.25) is 5.02 Å². The van der Waals surface area contributed by atoms with Crippen molar-refractivity contribution in [2.24, 2.45) is 5.92 Å². The van der Waals surface area contributed by atoms with Crippen LogP contribution in [0.1, 0.15) is 39.0 Å². The van der Waals surface area contributed by atoms with Crippen molar-refractivity contribution >= 4 is 23.1 Å². The maximum Gasteiger partial charge on any atom is 0.289 e. The Labute approximate surface area is 117 Å². The molecule has 0 aromatic carbocycles. The molecular weight excluding hydrogens is 266 g/mol. The van der Waals surface area contributed by atoms with E-state index in [-0.39, 0.29) is 5.69 Å². The molecule has 1 aromatic rings. The molecule has 104 valence electrons. The molecule has 0 spiro atoms. The number of nitro groups is 1. The van der Waals surface area contributed by atoms with Crippen LogP contribution in [0.4, 0.5) is 11.5 Å². The zero-order valence-corrected chi connectivity index (χ0v) is 11.7. The van der Waals surface area contributed by atoms with Crippen molar-refractivity contribution < 1.29 is 4.92 Å². The lowest BCUT2D eigenvalue weighted by molar-refractivity contribution is -0.385. The molecule has 2 atom stereocenters. The molecule has 1 aliphatic carbocycles. The number of hydrogen-bond acceptors (Lipinski definition) is 4. The number of hydrogen-bond donors (Lipinski definition) is 1. The SMILES string of the molecule is CC1CCCC(Nc2ncc([N+](=O)[O-])cc2Cl)CC1. The molecule has 0 bridgehead atoms. The maximum absolute atomic E-state index is 10.6. The second kappa shape index (κ2) is 6.19. The summed E-state index contributed by atoms with van der Waals surface area (Å²) in [4.78, 5) is 14.2. The lowest BCUT2D eigenvalue weighted by Gasteiger charge is -2.17. The molecular formula is C13H18ClN3O2. The zero-order valence-electron chi connectivity index (χ0n) is 10.9. The first-order valence-electron chi connectivity index (χ1n) is 6.62. The minimum atomic E-state index is -0.490. The zero-order chi connectivity index (χ0) is 13.8. The van der Waals surface area contributed by atoms with Gasteiger partial charge in [0.2, 0.25) is 0 Å². The number of halogens is 1. The van der Waals surface area contributed by atoms with Gasteiger partial charge in [0.1, 0.15) is 12.0 Å². The van der Waals surface area contributed by atoms with E-state index in [1.165, 1.54) is 31.5 Å².